The van der Waals surface area contributed by atoms with Crippen molar-refractivity contribution >= 4 is 0 Å². The monoisotopic (exact) mass is 214 g/mol. The number of rotatable bonds is 5. The maximum Gasteiger partial charge on any atom is 0.0569 e. The van der Waals surface area contributed by atoms with Gasteiger partial charge in [0.25, 0.3) is 0 Å². The van der Waals surface area contributed by atoms with Crippen molar-refractivity contribution in [3.63, 3.8) is 0 Å². The zero-order valence-corrected chi connectivity index (χ0v) is 10.2. The molecule has 2 heteroatoms. The molecule has 1 saturated carbocycles. The fourth-order valence-corrected chi connectivity index (χ4v) is 2.26. The number of hydrogen-bond donors (Lipinski definition) is 1. The third-order valence-electron chi connectivity index (χ3n) is 3.20. The van der Waals surface area contributed by atoms with Crippen molar-refractivity contribution in [2.45, 2.75) is 58.5 Å². The Labute approximate surface area is 94.0 Å². The maximum atomic E-state index is 9.90. The summed E-state index contributed by atoms with van der Waals surface area (Å²) in [5, 5.41) is 9.90. The van der Waals surface area contributed by atoms with Crippen molar-refractivity contribution in [2.75, 3.05) is 13.2 Å². The van der Waals surface area contributed by atoms with Crippen molar-refractivity contribution in [2.24, 2.45) is 11.8 Å². The predicted molar refractivity (Wildman–Crippen MR) is 62.9 cm³/mol. The topological polar surface area (TPSA) is 29.5 Å². The van der Waals surface area contributed by atoms with Gasteiger partial charge in [-0.3, -0.25) is 0 Å². The molecule has 1 aliphatic carbocycles. The first-order valence-electron chi connectivity index (χ1n) is 6.46. The van der Waals surface area contributed by atoms with Crippen molar-refractivity contribution < 1.29 is 9.84 Å². The van der Waals surface area contributed by atoms with E-state index in [1.54, 1.807) is 0 Å². The van der Waals surface area contributed by atoms with Gasteiger partial charge in [0.15, 0.2) is 0 Å². The molecule has 2 unspecified atom stereocenters. The van der Waals surface area contributed by atoms with Gasteiger partial charge >= 0.3 is 0 Å². The Hall–Kier alpha value is -0.0800. The minimum atomic E-state index is -0.0739. The van der Waals surface area contributed by atoms with Crippen LogP contribution >= 0.6 is 0 Å². The molecule has 1 aliphatic rings. The molecule has 0 heterocycles. The molecule has 0 spiro atoms. The van der Waals surface area contributed by atoms with Crippen LogP contribution in [0.4, 0.5) is 0 Å². The van der Waals surface area contributed by atoms with Gasteiger partial charge in [0, 0.05) is 13.2 Å². The first kappa shape index (κ1) is 13.0. The van der Waals surface area contributed by atoms with Crippen LogP contribution in [-0.4, -0.2) is 24.4 Å². The number of aliphatic hydroxyl groups is 1. The molecule has 0 aliphatic heterocycles. The molecule has 0 aromatic rings. The van der Waals surface area contributed by atoms with Crippen LogP contribution in [0.2, 0.25) is 0 Å². The lowest BCUT2D eigenvalue weighted by Crippen LogP contribution is -2.20. The highest BCUT2D eigenvalue weighted by Crippen LogP contribution is 2.25. The Balaban J connectivity index is 2.12. The highest BCUT2D eigenvalue weighted by Gasteiger charge is 2.20. The normalized spacial score (nSPS) is 28.0. The lowest BCUT2D eigenvalue weighted by molar-refractivity contribution is 0.0537. The van der Waals surface area contributed by atoms with Gasteiger partial charge in [0.2, 0.25) is 0 Å². The van der Waals surface area contributed by atoms with Gasteiger partial charge in [-0.1, -0.05) is 33.1 Å². The van der Waals surface area contributed by atoms with Crippen molar-refractivity contribution in [1.82, 2.24) is 0 Å². The van der Waals surface area contributed by atoms with E-state index in [0.29, 0.717) is 11.8 Å². The molecule has 2 nitrogen and oxygen atoms in total. The molecule has 1 rings (SSSR count). The molecular weight excluding hydrogens is 188 g/mol. The molecule has 1 N–H and O–H groups in total. The molecule has 0 radical (unpaired) electrons. The molecule has 1 fully saturated rings. The smallest absolute Gasteiger partial charge is 0.0569 e. The van der Waals surface area contributed by atoms with Gasteiger partial charge in [-0.2, -0.15) is 0 Å². The van der Waals surface area contributed by atoms with E-state index >= 15 is 0 Å². The van der Waals surface area contributed by atoms with Crippen molar-refractivity contribution in [3.05, 3.63) is 0 Å². The van der Waals surface area contributed by atoms with Gasteiger partial charge in [-0.25, -0.2) is 0 Å². The van der Waals surface area contributed by atoms with E-state index in [1.165, 1.54) is 25.7 Å². The molecule has 0 bridgehead atoms. The minimum Gasteiger partial charge on any atom is -0.393 e. The highest BCUT2D eigenvalue weighted by atomic mass is 16.5. The van der Waals surface area contributed by atoms with E-state index in [-0.39, 0.29) is 6.10 Å². The van der Waals surface area contributed by atoms with Gasteiger partial charge in [-0.05, 0) is 31.1 Å². The molecule has 0 aromatic carbocycles. The summed E-state index contributed by atoms with van der Waals surface area (Å²) < 4.78 is 5.58. The van der Waals surface area contributed by atoms with E-state index in [0.717, 1.165) is 26.1 Å². The van der Waals surface area contributed by atoms with E-state index in [2.05, 4.69) is 13.8 Å². The Kier molecular flexibility index (Phi) is 6.26. The standard InChI is InChI=1S/C13H26O2/c1-11(2)10-15-9-8-12-6-4-3-5-7-13(12)14/h11-14H,3-10H2,1-2H3. The first-order chi connectivity index (χ1) is 7.20. The Morgan fingerprint density at radius 3 is 2.67 bits per heavy atom. The summed E-state index contributed by atoms with van der Waals surface area (Å²) in [6.45, 7) is 6.00. The summed E-state index contributed by atoms with van der Waals surface area (Å²) in [6.07, 6.45) is 6.92. The van der Waals surface area contributed by atoms with Gasteiger partial charge < -0.3 is 9.84 Å². The average Bonchev–Trinajstić information content (AvgIpc) is 2.38. The van der Waals surface area contributed by atoms with Crippen molar-refractivity contribution in [1.29, 1.82) is 0 Å². The second-order valence-corrected chi connectivity index (χ2v) is 5.22. The molecule has 2 atom stereocenters. The zero-order chi connectivity index (χ0) is 11.1. The molecule has 15 heavy (non-hydrogen) atoms. The molecule has 0 aromatic heterocycles. The second kappa shape index (κ2) is 7.24. The molecule has 0 amide bonds. The minimum absolute atomic E-state index is 0.0739. The van der Waals surface area contributed by atoms with Crippen LogP contribution in [0.15, 0.2) is 0 Å². The Morgan fingerprint density at radius 1 is 1.20 bits per heavy atom. The van der Waals surface area contributed by atoms with Crippen molar-refractivity contribution in [3.8, 4) is 0 Å². The highest BCUT2D eigenvalue weighted by molar-refractivity contribution is 4.72. The summed E-state index contributed by atoms with van der Waals surface area (Å²) in [6, 6.07) is 0. The fraction of sp³-hybridized carbons (Fsp3) is 1.00. The summed E-state index contributed by atoms with van der Waals surface area (Å²) >= 11 is 0. The summed E-state index contributed by atoms with van der Waals surface area (Å²) in [7, 11) is 0. The third-order valence-corrected chi connectivity index (χ3v) is 3.20. The first-order valence-corrected chi connectivity index (χ1v) is 6.46. The Morgan fingerprint density at radius 2 is 1.93 bits per heavy atom. The molecule has 90 valence electrons. The van der Waals surface area contributed by atoms with Crippen LogP contribution in [0.5, 0.6) is 0 Å². The van der Waals surface area contributed by atoms with E-state index in [9.17, 15) is 5.11 Å². The summed E-state index contributed by atoms with van der Waals surface area (Å²) in [4.78, 5) is 0. The number of hydrogen-bond acceptors (Lipinski definition) is 2. The van der Waals surface area contributed by atoms with E-state index in [4.69, 9.17) is 4.74 Å². The van der Waals surface area contributed by atoms with Crippen LogP contribution in [-0.2, 0) is 4.74 Å². The van der Waals surface area contributed by atoms with Crippen LogP contribution in [0.1, 0.15) is 52.4 Å². The van der Waals surface area contributed by atoms with E-state index < -0.39 is 0 Å². The molecule has 0 saturated heterocycles. The van der Waals surface area contributed by atoms with Gasteiger partial charge in [0.1, 0.15) is 0 Å². The summed E-state index contributed by atoms with van der Waals surface area (Å²) in [5.41, 5.74) is 0. The average molecular weight is 214 g/mol. The largest absolute Gasteiger partial charge is 0.393 e. The van der Waals surface area contributed by atoms with Gasteiger partial charge in [-0.15, -0.1) is 0 Å². The fourth-order valence-electron chi connectivity index (χ4n) is 2.26. The van der Waals surface area contributed by atoms with Crippen LogP contribution < -0.4 is 0 Å². The van der Waals surface area contributed by atoms with E-state index in [1.807, 2.05) is 0 Å². The lowest BCUT2D eigenvalue weighted by atomic mass is 9.94. The zero-order valence-electron chi connectivity index (χ0n) is 10.2. The quantitative estimate of drug-likeness (QED) is 0.563. The predicted octanol–water partition coefficient (Wildman–Crippen LogP) is 2.99. The third kappa shape index (κ3) is 5.53. The van der Waals surface area contributed by atoms with Gasteiger partial charge in [0.05, 0.1) is 6.10 Å². The summed E-state index contributed by atoms with van der Waals surface area (Å²) in [5.74, 6) is 1.10. The molecular formula is C13H26O2. The maximum absolute atomic E-state index is 9.90. The second-order valence-electron chi connectivity index (χ2n) is 5.22. The van der Waals surface area contributed by atoms with Crippen LogP contribution in [0.25, 0.3) is 0 Å². The van der Waals surface area contributed by atoms with Crippen LogP contribution in [0.3, 0.4) is 0 Å². The Bertz CT molecular complexity index is 157. The van der Waals surface area contributed by atoms with Crippen LogP contribution in [0, 0.1) is 11.8 Å². The SMILES string of the molecule is CC(C)COCCC1CCCCCC1O. The number of ether oxygens (including phenoxy) is 1. The number of aliphatic hydroxyl groups excluding tert-OH is 1. The lowest BCUT2D eigenvalue weighted by Gasteiger charge is -2.20.